The van der Waals surface area contributed by atoms with Crippen molar-refractivity contribution in [1.82, 2.24) is 0 Å². The molecule has 3 N–H and O–H groups in total. The van der Waals surface area contributed by atoms with E-state index in [0.29, 0.717) is 17.3 Å². The number of benzene rings is 2. The molecule has 1 amide bonds. The van der Waals surface area contributed by atoms with E-state index >= 15 is 0 Å². The average Bonchev–Trinajstić information content (AvgIpc) is 2.58. The van der Waals surface area contributed by atoms with Gasteiger partial charge in [0.05, 0.1) is 0 Å². The molecule has 4 heteroatoms. The summed E-state index contributed by atoms with van der Waals surface area (Å²) in [4.78, 5) is 12.5. The number of rotatable bonds is 6. The third-order valence-corrected chi connectivity index (χ3v) is 4.37. The van der Waals surface area contributed by atoms with Gasteiger partial charge in [0.1, 0.15) is 5.75 Å². The minimum atomic E-state index is -0.601. The smallest absolute Gasteiger partial charge is 0.265 e. The fourth-order valence-corrected chi connectivity index (χ4v) is 2.48. The molecule has 0 aliphatic carbocycles. The van der Waals surface area contributed by atoms with Crippen molar-refractivity contribution in [2.24, 2.45) is 0 Å². The number of anilines is 2. The van der Waals surface area contributed by atoms with Crippen LogP contribution < -0.4 is 15.8 Å². The number of nitrogen functional groups attached to an aromatic ring is 1. The molecule has 0 bridgehead atoms. The zero-order valence-corrected chi connectivity index (χ0v) is 14.8. The van der Waals surface area contributed by atoms with E-state index in [-0.39, 0.29) is 5.91 Å². The van der Waals surface area contributed by atoms with Gasteiger partial charge in [-0.1, -0.05) is 38.1 Å². The van der Waals surface area contributed by atoms with Gasteiger partial charge in [-0.25, -0.2) is 0 Å². The van der Waals surface area contributed by atoms with Gasteiger partial charge >= 0.3 is 0 Å². The van der Waals surface area contributed by atoms with E-state index in [4.69, 9.17) is 10.5 Å². The van der Waals surface area contributed by atoms with Crippen LogP contribution in [-0.2, 0) is 4.79 Å². The van der Waals surface area contributed by atoms with Crippen LogP contribution >= 0.6 is 0 Å². The quantitative estimate of drug-likeness (QED) is 0.768. The van der Waals surface area contributed by atoms with E-state index < -0.39 is 6.10 Å². The average molecular weight is 326 g/mol. The molecular formula is C20H26N2O2. The third kappa shape index (κ3) is 4.07. The number of ether oxygens (including phenoxy) is 1. The van der Waals surface area contributed by atoms with Crippen LogP contribution in [0.25, 0.3) is 0 Å². The van der Waals surface area contributed by atoms with Crippen LogP contribution in [0.5, 0.6) is 5.75 Å². The summed E-state index contributed by atoms with van der Waals surface area (Å²) in [6.45, 7) is 7.93. The number of carbonyl (C=O) groups excluding carboxylic acids is 1. The Bertz CT molecular complexity index is 713. The predicted octanol–water partition coefficient (Wildman–Crippen LogP) is 4.50. The summed E-state index contributed by atoms with van der Waals surface area (Å²) in [5, 5.41) is 2.89. The number of carbonyl (C=O) groups is 1. The predicted molar refractivity (Wildman–Crippen MR) is 99.5 cm³/mol. The van der Waals surface area contributed by atoms with Crippen molar-refractivity contribution in [3.05, 3.63) is 53.6 Å². The van der Waals surface area contributed by atoms with E-state index in [9.17, 15) is 4.79 Å². The van der Waals surface area contributed by atoms with E-state index in [0.717, 1.165) is 23.3 Å². The number of nitrogens with two attached hydrogens (primary N) is 1. The maximum atomic E-state index is 12.5. The molecule has 0 saturated heterocycles. The molecular weight excluding hydrogens is 300 g/mol. The monoisotopic (exact) mass is 326 g/mol. The molecule has 4 nitrogen and oxygen atoms in total. The first-order valence-corrected chi connectivity index (χ1v) is 8.35. The Morgan fingerprint density at radius 1 is 1.17 bits per heavy atom. The van der Waals surface area contributed by atoms with Gasteiger partial charge in [0.25, 0.3) is 5.91 Å². The molecule has 0 radical (unpaired) electrons. The fraction of sp³-hybridized carbons (Fsp3) is 0.350. The van der Waals surface area contributed by atoms with E-state index in [2.05, 4.69) is 25.2 Å². The van der Waals surface area contributed by atoms with Crippen molar-refractivity contribution < 1.29 is 9.53 Å². The Balaban J connectivity index is 2.11. The Kier molecular flexibility index (Phi) is 5.85. The molecule has 0 heterocycles. The molecule has 24 heavy (non-hydrogen) atoms. The molecule has 0 fully saturated rings. The number of amides is 1. The Morgan fingerprint density at radius 2 is 1.88 bits per heavy atom. The van der Waals surface area contributed by atoms with E-state index in [1.807, 2.05) is 43.3 Å². The molecule has 0 aliphatic rings. The fourth-order valence-electron chi connectivity index (χ4n) is 2.48. The Labute approximate surface area is 144 Å². The van der Waals surface area contributed by atoms with Gasteiger partial charge in [0.2, 0.25) is 0 Å². The molecule has 2 aromatic carbocycles. The molecule has 2 aromatic rings. The summed E-state index contributed by atoms with van der Waals surface area (Å²) >= 11 is 0. The highest BCUT2D eigenvalue weighted by Crippen LogP contribution is 2.29. The minimum Gasteiger partial charge on any atom is -0.481 e. The molecule has 0 saturated carbocycles. The molecule has 0 aromatic heterocycles. The van der Waals surface area contributed by atoms with Gasteiger partial charge < -0.3 is 15.8 Å². The summed E-state index contributed by atoms with van der Waals surface area (Å²) in [6.07, 6.45) is 0.416. The van der Waals surface area contributed by atoms with E-state index in [1.54, 1.807) is 6.92 Å². The first-order valence-electron chi connectivity index (χ1n) is 8.35. The van der Waals surface area contributed by atoms with E-state index in [1.165, 1.54) is 0 Å². The zero-order chi connectivity index (χ0) is 17.7. The Morgan fingerprint density at radius 3 is 2.58 bits per heavy atom. The normalized spacial score (nSPS) is 13.2. The topological polar surface area (TPSA) is 64.3 Å². The van der Waals surface area contributed by atoms with Crippen molar-refractivity contribution >= 4 is 17.3 Å². The second kappa shape index (κ2) is 7.86. The Hall–Kier alpha value is -2.49. The van der Waals surface area contributed by atoms with Crippen molar-refractivity contribution in [2.45, 2.75) is 46.1 Å². The van der Waals surface area contributed by atoms with Crippen LogP contribution in [0.4, 0.5) is 11.4 Å². The largest absolute Gasteiger partial charge is 0.481 e. The summed E-state index contributed by atoms with van der Waals surface area (Å²) < 4.78 is 5.93. The maximum absolute atomic E-state index is 12.5. The zero-order valence-electron chi connectivity index (χ0n) is 14.8. The van der Waals surface area contributed by atoms with Crippen molar-refractivity contribution in [2.75, 3.05) is 11.1 Å². The minimum absolute atomic E-state index is 0.192. The maximum Gasteiger partial charge on any atom is 0.265 e. The van der Waals surface area contributed by atoms with Gasteiger partial charge in [-0.2, -0.15) is 0 Å². The number of para-hydroxylation sites is 1. The highest BCUT2D eigenvalue weighted by Gasteiger charge is 2.18. The van der Waals surface area contributed by atoms with Gasteiger partial charge in [0.15, 0.2) is 6.10 Å². The lowest BCUT2D eigenvalue weighted by atomic mass is 9.98. The number of nitrogens with one attached hydrogen (secondary N) is 1. The van der Waals surface area contributed by atoms with Crippen molar-refractivity contribution in [3.8, 4) is 5.75 Å². The van der Waals surface area contributed by atoms with Gasteiger partial charge in [-0.3, -0.25) is 4.79 Å². The summed E-state index contributed by atoms with van der Waals surface area (Å²) in [6, 6.07) is 13.4. The van der Waals surface area contributed by atoms with Gasteiger partial charge in [-0.15, -0.1) is 0 Å². The second-order valence-corrected chi connectivity index (χ2v) is 6.12. The van der Waals surface area contributed by atoms with Crippen LogP contribution in [0.1, 0.15) is 44.2 Å². The van der Waals surface area contributed by atoms with Crippen molar-refractivity contribution in [1.29, 1.82) is 0 Å². The molecule has 0 unspecified atom stereocenters. The van der Waals surface area contributed by atoms with Crippen LogP contribution in [-0.4, -0.2) is 12.0 Å². The summed E-state index contributed by atoms with van der Waals surface area (Å²) in [5.41, 5.74) is 9.24. The van der Waals surface area contributed by atoms with Crippen LogP contribution in [0.3, 0.4) is 0 Å². The SMILES string of the molecule is CC[C@H](C)c1ccccc1O[C@H](C)C(=O)Nc1cccc(N)c1C. The number of hydrogen-bond acceptors (Lipinski definition) is 3. The van der Waals surface area contributed by atoms with Gasteiger partial charge in [0, 0.05) is 11.4 Å². The third-order valence-electron chi connectivity index (χ3n) is 4.37. The van der Waals surface area contributed by atoms with Crippen LogP contribution in [0.15, 0.2) is 42.5 Å². The standard InChI is InChI=1S/C20H26N2O2/c1-5-13(2)16-9-6-7-12-19(16)24-15(4)20(23)22-18-11-8-10-17(21)14(18)3/h6-13,15H,5,21H2,1-4H3,(H,22,23)/t13-,15+/m0/s1. The lowest BCUT2D eigenvalue weighted by Gasteiger charge is -2.20. The summed E-state index contributed by atoms with van der Waals surface area (Å²) in [7, 11) is 0. The first kappa shape index (κ1) is 17.9. The number of hydrogen-bond donors (Lipinski definition) is 2. The van der Waals surface area contributed by atoms with Gasteiger partial charge in [-0.05, 0) is 55.5 Å². The molecule has 2 atom stereocenters. The molecule has 0 spiro atoms. The lowest BCUT2D eigenvalue weighted by Crippen LogP contribution is -2.30. The van der Waals surface area contributed by atoms with Crippen LogP contribution in [0, 0.1) is 6.92 Å². The van der Waals surface area contributed by atoms with Crippen molar-refractivity contribution in [3.63, 3.8) is 0 Å². The first-order chi connectivity index (χ1) is 11.4. The molecule has 2 rings (SSSR count). The second-order valence-electron chi connectivity index (χ2n) is 6.12. The highest BCUT2D eigenvalue weighted by atomic mass is 16.5. The molecule has 0 aliphatic heterocycles. The lowest BCUT2D eigenvalue weighted by molar-refractivity contribution is -0.122. The highest BCUT2D eigenvalue weighted by molar-refractivity contribution is 5.95. The van der Waals surface area contributed by atoms with Crippen LogP contribution in [0.2, 0.25) is 0 Å². The molecule has 128 valence electrons. The summed E-state index contributed by atoms with van der Waals surface area (Å²) in [5.74, 6) is 0.953.